The third kappa shape index (κ3) is 6.66. The summed E-state index contributed by atoms with van der Waals surface area (Å²) in [7, 11) is 2.17. The van der Waals surface area contributed by atoms with Gasteiger partial charge in [0, 0.05) is 5.54 Å². The van der Waals surface area contributed by atoms with Crippen LogP contribution in [0.25, 0.3) is 0 Å². The van der Waals surface area contributed by atoms with Gasteiger partial charge in [0.1, 0.15) is 0 Å². The van der Waals surface area contributed by atoms with E-state index in [1.54, 1.807) is 0 Å². The van der Waals surface area contributed by atoms with E-state index in [9.17, 15) is 0 Å². The van der Waals surface area contributed by atoms with Crippen molar-refractivity contribution in [1.82, 2.24) is 15.1 Å². The lowest BCUT2D eigenvalue weighted by atomic mass is 9.79. The Labute approximate surface area is 133 Å². The average molecular weight is 298 g/mol. The van der Waals surface area contributed by atoms with Gasteiger partial charge in [-0.15, -0.1) is 0 Å². The van der Waals surface area contributed by atoms with E-state index < -0.39 is 0 Å². The first-order valence-electron chi connectivity index (χ1n) is 9.33. The molecule has 0 aliphatic heterocycles. The van der Waals surface area contributed by atoms with Crippen molar-refractivity contribution in [2.75, 3.05) is 46.3 Å². The van der Waals surface area contributed by atoms with Gasteiger partial charge in [-0.3, -0.25) is 0 Å². The molecule has 0 aromatic heterocycles. The maximum atomic E-state index is 3.65. The summed E-state index contributed by atoms with van der Waals surface area (Å²) in [6, 6.07) is 0. The van der Waals surface area contributed by atoms with Gasteiger partial charge in [-0.25, -0.2) is 0 Å². The van der Waals surface area contributed by atoms with Crippen molar-refractivity contribution in [3.05, 3.63) is 0 Å². The van der Waals surface area contributed by atoms with Crippen molar-refractivity contribution >= 4 is 0 Å². The molecule has 0 radical (unpaired) electrons. The SMILES string of the molecule is CCN(CC)CCCN(CC)CCC1(NC)CCCCC1. The summed E-state index contributed by atoms with van der Waals surface area (Å²) in [6.45, 7) is 14.2. The van der Waals surface area contributed by atoms with Gasteiger partial charge in [-0.05, 0) is 72.0 Å². The summed E-state index contributed by atoms with van der Waals surface area (Å²) in [5.41, 5.74) is 0.435. The summed E-state index contributed by atoms with van der Waals surface area (Å²) < 4.78 is 0. The maximum absolute atomic E-state index is 3.65. The summed E-state index contributed by atoms with van der Waals surface area (Å²) in [4.78, 5) is 5.18. The first-order chi connectivity index (χ1) is 10.2. The molecule has 1 N–H and O–H groups in total. The highest BCUT2D eigenvalue weighted by atomic mass is 15.1. The quantitative estimate of drug-likeness (QED) is 0.631. The highest BCUT2D eigenvalue weighted by molar-refractivity contribution is 4.90. The fraction of sp³-hybridized carbons (Fsp3) is 1.00. The molecule has 1 saturated carbocycles. The van der Waals surface area contributed by atoms with Crippen LogP contribution in [0.15, 0.2) is 0 Å². The fourth-order valence-corrected chi connectivity index (χ4v) is 3.71. The molecule has 0 saturated heterocycles. The van der Waals surface area contributed by atoms with E-state index in [0.29, 0.717) is 5.54 Å². The second-order valence-electron chi connectivity index (χ2n) is 6.66. The zero-order chi connectivity index (χ0) is 15.6. The van der Waals surface area contributed by atoms with Crippen LogP contribution in [-0.2, 0) is 0 Å². The lowest BCUT2D eigenvalue weighted by Gasteiger charge is -2.39. The minimum Gasteiger partial charge on any atom is -0.314 e. The number of hydrogen-bond acceptors (Lipinski definition) is 3. The predicted octanol–water partition coefficient (Wildman–Crippen LogP) is 3.35. The molecule has 0 aromatic carbocycles. The molecule has 21 heavy (non-hydrogen) atoms. The molecule has 1 rings (SSSR count). The van der Waals surface area contributed by atoms with Crippen LogP contribution in [-0.4, -0.2) is 61.7 Å². The number of nitrogens with one attached hydrogen (secondary N) is 1. The molecule has 0 amide bonds. The Morgan fingerprint density at radius 1 is 0.810 bits per heavy atom. The van der Waals surface area contributed by atoms with Crippen LogP contribution in [0.1, 0.15) is 65.7 Å². The summed E-state index contributed by atoms with van der Waals surface area (Å²) in [5.74, 6) is 0. The molecular formula is C18H39N3. The van der Waals surface area contributed by atoms with Gasteiger partial charge in [0.05, 0.1) is 0 Å². The number of nitrogens with zero attached hydrogens (tertiary/aromatic N) is 2. The fourth-order valence-electron chi connectivity index (χ4n) is 3.71. The van der Waals surface area contributed by atoms with Crippen LogP contribution in [0.4, 0.5) is 0 Å². The Morgan fingerprint density at radius 3 is 1.90 bits per heavy atom. The van der Waals surface area contributed by atoms with E-state index in [-0.39, 0.29) is 0 Å². The van der Waals surface area contributed by atoms with Gasteiger partial charge >= 0.3 is 0 Å². The van der Waals surface area contributed by atoms with Crippen molar-refractivity contribution in [3.8, 4) is 0 Å². The molecule has 0 heterocycles. The Balaban J connectivity index is 2.29. The molecule has 1 aliphatic rings. The third-order valence-corrected chi connectivity index (χ3v) is 5.54. The molecule has 0 spiro atoms. The molecule has 126 valence electrons. The van der Waals surface area contributed by atoms with Crippen LogP contribution >= 0.6 is 0 Å². The largest absolute Gasteiger partial charge is 0.314 e. The van der Waals surface area contributed by atoms with Gasteiger partial charge in [0.2, 0.25) is 0 Å². The van der Waals surface area contributed by atoms with Crippen LogP contribution in [0.5, 0.6) is 0 Å². The first kappa shape index (κ1) is 18.9. The lowest BCUT2D eigenvalue weighted by Crippen LogP contribution is -2.47. The van der Waals surface area contributed by atoms with Gasteiger partial charge in [-0.1, -0.05) is 40.0 Å². The smallest absolute Gasteiger partial charge is 0.0190 e. The molecule has 0 unspecified atom stereocenters. The molecule has 0 bridgehead atoms. The molecule has 0 aromatic rings. The van der Waals surface area contributed by atoms with Gasteiger partial charge in [0.15, 0.2) is 0 Å². The van der Waals surface area contributed by atoms with Crippen LogP contribution in [0, 0.1) is 0 Å². The molecule has 1 fully saturated rings. The lowest BCUT2D eigenvalue weighted by molar-refractivity contribution is 0.179. The van der Waals surface area contributed by atoms with Crippen LogP contribution in [0.2, 0.25) is 0 Å². The standard InChI is InChI=1S/C18H39N3/c1-5-20(6-2)15-11-16-21(7-3)17-14-18(19-4)12-9-8-10-13-18/h19H,5-17H2,1-4H3. The zero-order valence-corrected chi connectivity index (χ0v) is 15.1. The zero-order valence-electron chi connectivity index (χ0n) is 15.1. The minimum atomic E-state index is 0.435. The second-order valence-corrected chi connectivity index (χ2v) is 6.66. The number of hydrogen-bond donors (Lipinski definition) is 1. The van der Waals surface area contributed by atoms with E-state index in [1.807, 2.05) is 0 Å². The summed E-state index contributed by atoms with van der Waals surface area (Å²) in [6.07, 6.45) is 9.64. The molecule has 3 heteroatoms. The van der Waals surface area contributed by atoms with Crippen molar-refractivity contribution < 1.29 is 0 Å². The monoisotopic (exact) mass is 297 g/mol. The Bertz CT molecular complexity index is 245. The van der Waals surface area contributed by atoms with Crippen molar-refractivity contribution in [1.29, 1.82) is 0 Å². The summed E-state index contributed by atoms with van der Waals surface area (Å²) >= 11 is 0. The van der Waals surface area contributed by atoms with Crippen LogP contribution < -0.4 is 5.32 Å². The number of rotatable bonds is 11. The normalized spacial score (nSPS) is 18.6. The maximum Gasteiger partial charge on any atom is 0.0190 e. The molecule has 0 atom stereocenters. The van der Waals surface area contributed by atoms with E-state index in [2.05, 4.69) is 42.9 Å². The van der Waals surface area contributed by atoms with E-state index >= 15 is 0 Å². The Kier molecular flexibility index (Phi) is 9.54. The van der Waals surface area contributed by atoms with Gasteiger partial charge in [0.25, 0.3) is 0 Å². The second kappa shape index (κ2) is 10.6. The Hall–Kier alpha value is -0.120. The van der Waals surface area contributed by atoms with Crippen molar-refractivity contribution in [3.63, 3.8) is 0 Å². The van der Waals surface area contributed by atoms with E-state index in [4.69, 9.17) is 0 Å². The predicted molar refractivity (Wildman–Crippen MR) is 94.0 cm³/mol. The Morgan fingerprint density at radius 2 is 1.38 bits per heavy atom. The van der Waals surface area contributed by atoms with Crippen molar-refractivity contribution in [2.24, 2.45) is 0 Å². The molecule has 3 nitrogen and oxygen atoms in total. The third-order valence-electron chi connectivity index (χ3n) is 5.54. The van der Waals surface area contributed by atoms with Gasteiger partial charge in [-0.2, -0.15) is 0 Å². The average Bonchev–Trinajstić information content (AvgIpc) is 2.55. The molecule has 1 aliphatic carbocycles. The first-order valence-corrected chi connectivity index (χ1v) is 9.33. The topological polar surface area (TPSA) is 18.5 Å². The van der Waals surface area contributed by atoms with Crippen molar-refractivity contribution in [2.45, 2.75) is 71.3 Å². The highest BCUT2D eigenvalue weighted by Crippen LogP contribution is 2.30. The minimum absolute atomic E-state index is 0.435. The van der Waals surface area contributed by atoms with Crippen LogP contribution in [0.3, 0.4) is 0 Å². The highest BCUT2D eigenvalue weighted by Gasteiger charge is 2.30. The van der Waals surface area contributed by atoms with E-state index in [1.165, 1.54) is 84.2 Å². The van der Waals surface area contributed by atoms with Gasteiger partial charge < -0.3 is 15.1 Å². The summed E-state index contributed by atoms with van der Waals surface area (Å²) in [5, 5.41) is 3.65. The van der Waals surface area contributed by atoms with E-state index in [0.717, 1.165) is 0 Å². The molecular weight excluding hydrogens is 258 g/mol.